The van der Waals surface area contributed by atoms with Gasteiger partial charge in [-0.25, -0.2) is 13.8 Å². The first kappa shape index (κ1) is 31.6. The minimum atomic E-state index is -3.17. The largest absolute Gasteiger partial charge is 0.508 e. The van der Waals surface area contributed by atoms with E-state index in [0.717, 1.165) is 40.1 Å². The minimum Gasteiger partial charge on any atom is -0.508 e. The van der Waals surface area contributed by atoms with Crippen LogP contribution in [0.25, 0.3) is 32.0 Å². The lowest BCUT2D eigenvalue weighted by Gasteiger charge is -2.22. The molecule has 0 bridgehead atoms. The predicted molar refractivity (Wildman–Crippen MR) is 190 cm³/mol. The fourth-order valence-electron chi connectivity index (χ4n) is 8.36. The Bertz CT molecular complexity index is 2490. The van der Waals surface area contributed by atoms with E-state index in [4.69, 9.17) is 25.7 Å². The van der Waals surface area contributed by atoms with Gasteiger partial charge in [-0.05, 0) is 54.1 Å². The highest BCUT2D eigenvalue weighted by Gasteiger charge is 2.49. The lowest BCUT2D eigenvalue weighted by atomic mass is 9.89. The first-order chi connectivity index (χ1) is 25.1. The van der Waals surface area contributed by atoms with Gasteiger partial charge >= 0.3 is 0 Å². The third kappa shape index (κ3) is 4.74. The molecule has 2 aromatic carbocycles. The zero-order valence-corrected chi connectivity index (χ0v) is 29.2. The number of aromatic hydroxyl groups is 1. The van der Waals surface area contributed by atoms with Crippen LogP contribution in [-0.4, -0.2) is 55.2 Å². The van der Waals surface area contributed by atoms with E-state index in [-0.39, 0.29) is 40.9 Å². The van der Waals surface area contributed by atoms with Crippen LogP contribution in [0.15, 0.2) is 59.1 Å². The number of amides is 1. The molecule has 3 aliphatic heterocycles. The van der Waals surface area contributed by atoms with Crippen molar-refractivity contribution in [2.24, 2.45) is 0 Å². The lowest BCUT2D eigenvalue weighted by molar-refractivity contribution is -0.00735. The summed E-state index contributed by atoms with van der Waals surface area (Å²) in [6.45, 7) is 2.77. The van der Waals surface area contributed by atoms with Gasteiger partial charge in [0, 0.05) is 65.0 Å². The number of nitrogens with one attached hydrogen (secondary N) is 1. The number of aryl methyl sites for hydroxylation is 1. The number of pyridine rings is 2. The van der Waals surface area contributed by atoms with Gasteiger partial charge < -0.3 is 24.5 Å². The van der Waals surface area contributed by atoms with Gasteiger partial charge in [-0.2, -0.15) is 0 Å². The molecule has 7 heterocycles. The Kier molecular flexibility index (Phi) is 6.94. The Morgan fingerprint density at radius 1 is 1.12 bits per heavy atom. The lowest BCUT2D eigenvalue weighted by Crippen LogP contribution is -2.28. The summed E-state index contributed by atoms with van der Waals surface area (Å²) in [6.07, 6.45) is 3.14. The molecule has 4 aromatic heterocycles. The number of ether oxygens (including phenoxy) is 1. The molecular weight excluding hydrogens is 710 g/mol. The summed E-state index contributed by atoms with van der Waals surface area (Å²) in [6, 6.07) is 12.5. The van der Waals surface area contributed by atoms with Gasteiger partial charge in [0.05, 0.1) is 39.9 Å². The third-order valence-corrected chi connectivity index (χ3v) is 12.1. The van der Waals surface area contributed by atoms with Crippen LogP contribution in [0, 0.1) is 6.92 Å². The number of fused-ring (bicyclic) bond motifs is 6. The van der Waals surface area contributed by atoms with Crippen LogP contribution < -0.4 is 10.1 Å². The van der Waals surface area contributed by atoms with Crippen LogP contribution >= 0.6 is 22.9 Å². The summed E-state index contributed by atoms with van der Waals surface area (Å²) in [4.78, 5) is 26.7. The van der Waals surface area contributed by atoms with E-state index in [1.165, 1.54) is 17.4 Å². The number of carbonyl (C=O) groups excluding carboxylic acids is 1. The third-order valence-electron chi connectivity index (χ3n) is 10.7. The van der Waals surface area contributed by atoms with Crippen LogP contribution in [0.2, 0.25) is 5.02 Å². The van der Waals surface area contributed by atoms with Gasteiger partial charge in [-0.3, -0.25) is 9.78 Å². The number of benzene rings is 2. The number of nitrogens with zero attached hydrogens (tertiary/aromatic N) is 5. The molecule has 1 saturated heterocycles. The van der Waals surface area contributed by atoms with Crippen LogP contribution in [0.5, 0.6) is 11.5 Å². The maximum Gasteiger partial charge on any atom is 0.276 e. The quantitative estimate of drug-likeness (QED) is 0.173. The number of alkyl halides is 2. The highest BCUT2D eigenvalue weighted by atomic mass is 35.5. The monoisotopic (exact) mass is 738 g/mol. The van der Waals surface area contributed by atoms with Crippen LogP contribution in [0.4, 0.5) is 14.6 Å². The Morgan fingerprint density at radius 3 is 2.85 bits per heavy atom. The second kappa shape index (κ2) is 11.4. The summed E-state index contributed by atoms with van der Waals surface area (Å²) in [5.74, 6) is -1.87. The molecule has 0 spiro atoms. The molecule has 52 heavy (non-hydrogen) atoms. The number of phenols is 1. The summed E-state index contributed by atoms with van der Waals surface area (Å²) in [5, 5.41) is 23.3. The van der Waals surface area contributed by atoms with Gasteiger partial charge in [0.2, 0.25) is 11.8 Å². The van der Waals surface area contributed by atoms with Crippen molar-refractivity contribution in [1.29, 1.82) is 0 Å². The summed E-state index contributed by atoms with van der Waals surface area (Å²) in [7, 11) is 0. The molecule has 10 rings (SSSR count). The smallest absolute Gasteiger partial charge is 0.276 e. The molecule has 14 heteroatoms. The second-order valence-corrected chi connectivity index (χ2v) is 15.3. The molecule has 0 radical (unpaired) electrons. The highest BCUT2D eigenvalue weighted by Crippen LogP contribution is 2.52. The van der Waals surface area contributed by atoms with Crippen LogP contribution in [0.3, 0.4) is 0 Å². The number of aromatic nitrogens is 4. The van der Waals surface area contributed by atoms with Gasteiger partial charge in [-0.1, -0.05) is 29.8 Å². The molecule has 1 amide bonds. The Hall–Kier alpha value is -5.14. The topological polar surface area (TPSA) is 126 Å². The molecule has 3 atom stereocenters. The van der Waals surface area contributed by atoms with Crippen molar-refractivity contribution < 1.29 is 27.8 Å². The van der Waals surface area contributed by atoms with Crippen molar-refractivity contribution in [3.8, 4) is 33.4 Å². The number of hydrogen-bond donors (Lipinski definition) is 2. The number of halogens is 3. The molecule has 2 N–H and O–H groups in total. The molecule has 6 aromatic rings. The molecule has 1 fully saturated rings. The Labute approximate surface area is 304 Å². The maximum atomic E-state index is 15.5. The average molecular weight is 739 g/mol. The first-order valence-corrected chi connectivity index (χ1v) is 18.3. The highest BCUT2D eigenvalue weighted by molar-refractivity contribution is 7.23. The number of rotatable bonds is 6. The molecule has 2 unspecified atom stereocenters. The molecule has 1 aliphatic carbocycles. The minimum absolute atomic E-state index is 0.0528. The van der Waals surface area contributed by atoms with Crippen molar-refractivity contribution >= 4 is 44.7 Å². The van der Waals surface area contributed by atoms with Crippen molar-refractivity contribution in [3.05, 3.63) is 99.3 Å². The number of phenolic OH excluding ortho intramolecular Hbond substituents is 1. The average Bonchev–Trinajstić information content (AvgIpc) is 3.97. The van der Waals surface area contributed by atoms with Crippen molar-refractivity contribution in [3.63, 3.8) is 0 Å². The van der Waals surface area contributed by atoms with E-state index in [0.29, 0.717) is 63.1 Å². The van der Waals surface area contributed by atoms with E-state index in [2.05, 4.69) is 20.5 Å². The zero-order valence-electron chi connectivity index (χ0n) is 27.6. The van der Waals surface area contributed by atoms with Gasteiger partial charge in [0.25, 0.3) is 11.8 Å². The Morgan fingerprint density at radius 2 is 2.00 bits per heavy atom. The van der Waals surface area contributed by atoms with Crippen molar-refractivity contribution in [1.82, 2.24) is 25.1 Å². The normalized spacial score (nSPS) is 21.0. The molecule has 10 nitrogen and oxygen atoms in total. The summed E-state index contributed by atoms with van der Waals surface area (Å²) in [5.41, 5.74) is 4.68. The fourth-order valence-corrected chi connectivity index (χ4v) is 9.68. The Balaban J connectivity index is 1.16. The van der Waals surface area contributed by atoms with E-state index in [1.807, 2.05) is 35.2 Å². The van der Waals surface area contributed by atoms with Gasteiger partial charge in [-0.15, -0.1) is 21.5 Å². The van der Waals surface area contributed by atoms with E-state index < -0.39 is 18.4 Å². The van der Waals surface area contributed by atoms with Crippen molar-refractivity contribution in [2.45, 2.75) is 56.5 Å². The SMILES string of the molecule is Cc1nnc(-c2c(C[C@H]3COc4cc(Cl)ccc43)nc3c(c2-c2cc4ccnc(NC5c6cccc(O)c6CC5(F)F)c4s2)C(=O)N2CCCC32)o1. The van der Waals surface area contributed by atoms with Gasteiger partial charge in [0.15, 0.2) is 0 Å². The predicted octanol–water partition coefficient (Wildman–Crippen LogP) is 8.43. The number of anilines is 1. The van der Waals surface area contributed by atoms with Crippen LogP contribution in [0.1, 0.15) is 75.2 Å². The molecule has 0 saturated carbocycles. The fraction of sp³-hybridized carbons (Fsp3) is 0.289. The number of hydrogen-bond acceptors (Lipinski definition) is 10. The summed E-state index contributed by atoms with van der Waals surface area (Å²) < 4.78 is 43.8. The van der Waals surface area contributed by atoms with E-state index in [1.54, 1.807) is 25.3 Å². The molecule has 262 valence electrons. The van der Waals surface area contributed by atoms with Gasteiger partial charge in [0.1, 0.15) is 23.4 Å². The second-order valence-electron chi connectivity index (χ2n) is 13.8. The van der Waals surface area contributed by atoms with Crippen molar-refractivity contribution in [2.75, 3.05) is 18.5 Å². The number of carbonyl (C=O) groups is 1. The first-order valence-electron chi connectivity index (χ1n) is 17.1. The van der Waals surface area contributed by atoms with E-state index in [9.17, 15) is 9.90 Å². The molecular formula is C38H29ClF2N6O4S. The summed E-state index contributed by atoms with van der Waals surface area (Å²) >= 11 is 7.63. The zero-order chi connectivity index (χ0) is 35.5. The standard InChI is InChI=1S/C38H29ClF2N6O4S/c1-17-45-46-36(51-17)29-24(12-19-16-50-27-14-20(39)7-8-21(19)27)43-32-25-5-3-11-47(25)37(49)31(32)30(29)28-13-18-9-10-42-35(33(18)52-28)44-34-22-4-2-6-26(48)23(22)15-38(34,40)41/h2,4,6-10,13-14,19,25,34,48H,3,5,11-12,15-16H2,1H3,(H,42,44)/t19-,25?,34?/m0/s1. The van der Waals surface area contributed by atoms with E-state index >= 15 is 8.78 Å². The van der Waals surface area contributed by atoms with Crippen LogP contribution in [-0.2, 0) is 12.8 Å². The number of thiophene rings is 1. The maximum absolute atomic E-state index is 15.5. The molecule has 4 aliphatic rings.